The second-order valence-corrected chi connectivity index (χ2v) is 6.87. The number of nitro benzene ring substituents is 1. The maximum atomic E-state index is 12.0. The summed E-state index contributed by atoms with van der Waals surface area (Å²) >= 11 is 1.14. The Kier molecular flexibility index (Phi) is 7.22. The van der Waals surface area contributed by atoms with Crippen molar-refractivity contribution in [2.45, 2.75) is 18.6 Å². The van der Waals surface area contributed by atoms with E-state index in [0.717, 1.165) is 11.8 Å². The van der Waals surface area contributed by atoms with Gasteiger partial charge in [-0.05, 0) is 25.1 Å². The molecular formula is C18H18N6O6S. The number of hydrogen-bond acceptors (Lipinski definition) is 9. The standard InChI is InChI=1S/C18H18N6O6S/c1-2-23-17(14-8-5-9-29-14)21-22-18(23)31-11-16(26)20-19-15(25)10-30-13-7-4-3-6-12(13)24(27)28/h3-9H,2,10-11H2,1H3,(H,19,25)(H,20,26). The number of nitro groups is 1. The number of hydrogen-bond donors (Lipinski definition) is 2. The lowest BCUT2D eigenvalue weighted by molar-refractivity contribution is -0.385. The number of nitrogens with one attached hydrogen (secondary N) is 2. The molecule has 0 unspecified atom stereocenters. The molecule has 0 radical (unpaired) electrons. The van der Waals surface area contributed by atoms with E-state index in [2.05, 4.69) is 21.0 Å². The summed E-state index contributed by atoms with van der Waals surface area (Å²) < 4.78 is 12.3. The van der Waals surface area contributed by atoms with E-state index < -0.39 is 23.3 Å². The predicted octanol–water partition coefficient (Wildman–Crippen LogP) is 1.78. The summed E-state index contributed by atoms with van der Waals surface area (Å²) in [6.07, 6.45) is 1.53. The SMILES string of the molecule is CCn1c(SCC(=O)NNC(=O)COc2ccccc2[N+](=O)[O-])nnc1-c1ccco1. The second kappa shape index (κ2) is 10.2. The molecule has 2 heterocycles. The topological polar surface area (TPSA) is 154 Å². The molecule has 0 saturated heterocycles. The van der Waals surface area contributed by atoms with Crippen LogP contribution < -0.4 is 15.6 Å². The zero-order valence-corrected chi connectivity index (χ0v) is 17.1. The first-order valence-corrected chi connectivity index (χ1v) is 10.0. The van der Waals surface area contributed by atoms with Gasteiger partial charge in [0.2, 0.25) is 5.91 Å². The number of thioether (sulfide) groups is 1. The molecule has 0 aliphatic rings. The van der Waals surface area contributed by atoms with Crippen LogP contribution in [0.3, 0.4) is 0 Å². The van der Waals surface area contributed by atoms with Crippen LogP contribution in [0.25, 0.3) is 11.6 Å². The fourth-order valence-corrected chi connectivity index (χ4v) is 3.29. The highest BCUT2D eigenvalue weighted by Crippen LogP contribution is 2.26. The zero-order valence-electron chi connectivity index (χ0n) is 16.3. The number of hydrazine groups is 1. The molecule has 0 bridgehead atoms. The summed E-state index contributed by atoms with van der Waals surface area (Å²) in [5.74, 6) is -0.104. The number of nitrogens with zero attached hydrogens (tertiary/aromatic N) is 4. The largest absolute Gasteiger partial charge is 0.477 e. The molecule has 12 nitrogen and oxygen atoms in total. The minimum Gasteiger partial charge on any atom is -0.477 e. The first kappa shape index (κ1) is 21.8. The van der Waals surface area contributed by atoms with Crippen LogP contribution in [0.1, 0.15) is 6.92 Å². The maximum absolute atomic E-state index is 12.0. The smallest absolute Gasteiger partial charge is 0.310 e. The molecule has 1 aromatic carbocycles. The molecule has 0 aliphatic carbocycles. The van der Waals surface area contributed by atoms with Gasteiger partial charge in [-0.1, -0.05) is 23.9 Å². The number of rotatable bonds is 9. The molecule has 2 N–H and O–H groups in total. The fourth-order valence-electron chi connectivity index (χ4n) is 2.48. The van der Waals surface area contributed by atoms with Gasteiger partial charge in [0.1, 0.15) is 0 Å². The van der Waals surface area contributed by atoms with Gasteiger partial charge in [0, 0.05) is 12.6 Å². The number of amides is 2. The van der Waals surface area contributed by atoms with Crippen LogP contribution in [-0.4, -0.2) is 43.9 Å². The van der Waals surface area contributed by atoms with Gasteiger partial charge >= 0.3 is 5.69 Å². The summed E-state index contributed by atoms with van der Waals surface area (Å²) in [5, 5.41) is 19.6. The number of furan rings is 1. The molecule has 3 rings (SSSR count). The van der Waals surface area contributed by atoms with Crippen molar-refractivity contribution < 1.29 is 23.7 Å². The van der Waals surface area contributed by atoms with Crippen LogP contribution in [-0.2, 0) is 16.1 Å². The third kappa shape index (κ3) is 5.60. The Morgan fingerprint density at radius 2 is 1.97 bits per heavy atom. The van der Waals surface area contributed by atoms with E-state index in [1.165, 1.54) is 24.5 Å². The van der Waals surface area contributed by atoms with Gasteiger partial charge in [-0.3, -0.25) is 35.1 Å². The van der Waals surface area contributed by atoms with Crippen molar-refractivity contribution in [1.29, 1.82) is 0 Å². The van der Waals surface area contributed by atoms with Gasteiger partial charge in [0.25, 0.3) is 5.91 Å². The number of benzene rings is 1. The van der Waals surface area contributed by atoms with Crippen LogP contribution in [0.15, 0.2) is 52.2 Å². The van der Waals surface area contributed by atoms with Gasteiger partial charge in [0.15, 0.2) is 29.1 Å². The first-order valence-electron chi connectivity index (χ1n) is 9.03. The van der Waals surface area contributed by atoms with E-state index >= 15 is 0 Å². The van der Waals surface area contributed by atoms with Crippen molar-refractivity contribution in [1.82, 2.24) is 25.6 Å². The number of para-hydroxylation sites is 2. The van der Waals surface area contributed by atoms with Crippen LogP contribution in [0.2, 0.25) is 0 Å². The summed E-state index contributed by atoms with van der Waals surface area (Å²) in [7, 11) is 0. The fraction of sp³-hybridized carbons (Fsp3) is 0.222. The van der Waals surface area contributed by atoms with E-state index in [1.54, 1.807) is 22.8 Å². The highest BCUT2D eigenvalue weighted by Gasteiger charge is 2.17. The Labute approximate surface area is 180 Å². The summed E-state index contributed by atoms with van der Waals surface area (Å²) in [6.45, 7) is 1.98. The van der Waals surface area contributed by atoms with E-state index in [9.17, 15) is 19.7 Å². The third-order valence-electron chi connectivity index (χ3n) is 3.87. The molecule has 0 saturated carbocycles. The predicted molar refractivity (Wildman–Crippen MR) is 109 cm³/mol. The van der Waals surface area contributed by atoms with E-state index in [4.69, 9.17) is 9.15 Å². The van der Waals surface area contributed by atoms with Crippen LogP contribution in [0, 0.1) is 10.1 Å². The molecule has 0 atom stereocenters. The number of aromatic nitrogens is 3. The Bertz CT molecular complexity index is 1070. The van der Waals surface area contributed by atoms with Crippen LogP contribution in [0.4, 0.5) is 5.69 Å². The highest BCUT2D eigenvalue weighted by molar-refractivity contribution is 7.99. The molecular weight excluding hydrogens is 428 g/mol. The Morgan fingerprint density at radius 1 is 1.19 bits per heavy atom. The molecule has 0 spiro atoms. The van der Waals surface area contributed by atoms with Crippen molar-refractivity contribution in [2.75, 3.05) is 12.4 Å². The summed E-state index contributed by atoms with van der Waals surface area (Å²) in [4.78, 5) is 34.2. The van der Waals surface area contributed by atoms with Crippen LogP contribution in [0.5, 0.6) is 5.75 Å². The lowest BCUT2D eigenvalue weighted by Gasteiger charge is -2.09. The maximum Gasteiger partial charge on any atom is 0.310 e. The van der Waals surface area contributed by atoms with Crippen molar-refractivity contribution in [3.8, 4) is 17.3 Å². The molecule has 3 aromatic rings. The Morgan fingerprint density at radius 3 is 2.68 bits per heavy atom. The van der Waals surface area contributed by atoms with Gasteiger partial charge in [-0.25, -0.2) is 0 Å². The van der Waals surface area contributed by atoms with Gasteiger partial charge in [-0.2, -0.15) is 0 Å². The van der Waals surface area contributed by atoms with E-state index in [-0.39, 0.29) is 17.2 Å². The quantitative estimate of drug-likeness (QED) is 0.284. The first-order chi connectivity index (χ1) is 15.0. The number of carbonyl (C=O) groups is 2. The van der Waals surface area contributed by atoms with Gasteiger partial charge in [0.05, 0.1) is 16.9 Å². The van der Waals surface area contributed by atoms with Crippen molar-refractivity contribution in [3.63, 3.8) is 0 Å². The minimum absolute atomic E-state index is 0.0262. The second-order valence-electron chi connectivity index (χ2n) is 5.93. The normalized spacial score (nSPS) is 10.5. The third-order valence-corrected chi connectivity index (χ3v) is 4.84. The molecule has 2 aromatic heterocycles. The molecule has 31 heavy (non-hydrogen) atoms. The number of ether oxygens (including phenoxy) is 1. The Hall–Kier alpha value is -3.87. The van der Waals surface area contributed by atoms with Crippen molar-refractivity contribution >= 4 is 29.3 Å². The summed E-state index contributed by atoms with van der Waals surface area (Å²) in [5.41, 5.74) is 4.18. The zero-order chi connectivity index (χ0) is 22.2. The average Bonchev–Trinajstić information content (AvgIpc) is 3.44. The van der Waals surface area contributed by atoms with Crippen molar-refractivity contribution in [3.05, 3.63) is 52.8 Å². The van der Waals surface area contributed by atoms with E-state index in [0.29, 0.717) is 23.3 Å². The highest BCUT2D eigenvalue weighted by atomic mass is 32.2. The minimum atomic E-state index is -0.673. The molecule has 13 heteroatoms. The lowest BCUT2D eigenvalue weighted by atomic mass is 10.3. The lowest BCUT2D eigenvalue weighted by Crippen LogP contribution is -2.44. The van der Waals surface area contributed by atoms with E-state index in [1.807, 2.05) is 6.92 Å². The molecule has 0 fully saturated rings. The van der Waals surface area contributed by atoms with Gasteiger partial charge in [-0.15, -0.1) is 10.2 Å². The van der Waals surface area contributed by atoms with Gasteiger partial charge < -0.3 is 9.15 Å². The van der Waals surface area contributed by atoms with Crippen LogP contribution >= 0.6 is 11.8 Å². The molecule has 162 valence electrons. The average molecular weight is 446 g/mol. The number of carbonyl (C=O) groups excluding carboxylic acids is 2. The Balaban J connectivity index is 1.46. The summed E-state index contributed by atoms with van der Waals surface area (Å²) in [6, 6.07) is 9.18. The molecule has 2 amide bonds. The monoisotopic (exact) mass is 446 g/mol. The molecule has 0 aliphatic heterocycles. The van der Waals surface area contributed by atoms with Crippen molar-refractivity contribution in [2.24, 2.45) is 0 Å².